The fourth-order valence-corrected chi connectivity index (χ4v) is 3.32. The number of nitrogens with two attached hydrogens (primary N) is 1. The maximum atomic E-state index is 6.18. The highest BCUT2D eigenvalue weighted by Crippen LogP contribution is 2.27. The Morgan fingerprint density at radius 3 is 2.82 bits per heavy atom. The molecule has 4 atom stereocenters. The van der Waals surface area contributed by atoms with Crippen LogP contribution in [0.1, 0.15) is 39.0 Å². The summed E-state index contributed by atoms with van der Waals surface area (Å²) in [6.07, 6.45) is 6.56. The molecule has 1 aliphatic heterocycles. The molecule has 2 fully saturated rings. The van der Waals surface area contributed by atoms with Gasteiger partial charge in [0.05, 0.1) is 6.61 Å². The van der Waals surface area contributed by atoms with E-state index >= 15 is 0 Å². The molecular formula is C14H28N2O. The summed E-state index contributed by atoms with van der Waals surface area (Å²) in [7, 11) is 2.27. The van der Waals surface area contributed by atoms with Gasteiger partial charge in [0.1, 0.15) is 0 Å². The van der Waals surface area contributed by atoms with Crippen LogP contribution in [0.5, 0.6) is 0 Å². The maximum Gasteiger partial charge on any atom is 0.0521 e. The predicted octanol–water partition coefficient (Wildman–Crippen LogP) is 1.86. The van der Waals surface area contributed by atoms with Gasteiger partial charge < -0.3 is 15.4 Å². The first-order chi connectivity index (χ1) is 8.16. The first-order valence-corrected chi connectivity index (χ1v) is 7.20. The van der Waals surface area contributed by atoms with E-state index in [9.17, 15) is 0 Å². The third-order valence-corrected chi connectivity index (χ3v) is 4.59. The van der Waals surface area contributed by atoms with Gasteiger partial charge in [-0.15, -0.1) is 0 Å². The molecule has 0 amide bonds. The van der Waals surface area contributed by atoms with Crippen molar-refractivity contribution in [1.29, 1.82) is 0 Å². The van der Waals surface area contributed by atoms with E-state index in [0.29, 0.717) is 12.0 Å². The zero-order valence-electron chi connectivity index (χ0n) is 11.4. The van der Waals surface area contributed by atoms with Crippen molar-refractivity contribution in [1.82, 2.24) is 4.90 Å². The van der Waals surface area contributed by atoms with Crippen molar-refractivity contribution in [3.8, 4) is 0 Å². The summed E-state index contributed by atoms with van der Waals surface area (Å²) in [5.74, 6) is 1.43. The Morgan fingerprint density at radius 2 is 2.12 bits per heavy atom. The van der Waals surface area contributed by atoms with Crippen LogP contribution in [0.3, 0.4) is 0 Å². The highest BCUT2D eigenvalue weighted by molar-refractivity contribution is 4.83. The van der Waals surface area contributed by atoms with Crippen molar-refractivity contribution in [2.75, 3.05) is 26.8 Å². The van der Waals surface area contributed by atoms with Crippen molar-refractivity contribution in [2.45, 2.75) is 51.1 Å². The monoisotopic (exact) mass is 240 g/mol. The number of rotatable bonds is 3. The van der Waals surface area contributed by atoms with Gasteiger partial charge in [0, 0.05) is 31.2 Å². The minimum atomic E-state index is 0.340. The van der Waals surface area contributed by atoms with E-state index in [0.717, 1.165) is 38.1 Å². The molecule has 0 aromatic rings. The molecule has 17 heavy (non-hydrogen) atoms. The molecule has 2 N–H and O–H groups in total. The fourth-order valence-electron chi connectivity index (χ4n) is 3.32. The molecule has 4 unspecified atom stereocenters. The molecule has 1 saturated heterocycles. The summed E-state index contributed by atoms with van der Waals surface area (Å²) in [4.78, 5) is 2.54. The lowest BCUT2D eigenvalue weighted by Crippen LogP contribution is -2.47. The smallest absolute Gasteiger partial charge is 0.0521 e. The molecule has 0 aromatic heterocycles. The summed E-state index contributed by atoms with van der Waals surface area (Å²) >= 11 is 0. The molecule has 0 spiro atoms. The quantitative estimate of drug-likeness (QED) is 0.818. The topological polar surface area (TPSA) is 38.5 Å². The first-order valence-electron chi connectivity index (χ1n) is 7.20. The minimum absolute atomic E-state index is 0.340. The molecular weight excluding hydrogens is 212 g/mol. The standard InChI is InChI=1S/C14H28N2O/c1-11-4-3-5-13(8-11)16(2)9-12-10-17-7-6-14(12)15/h11-14H,3-10,15H2,1-2H3. The predicted molar refractivity (Wildman–Crippen MR) is 71.0 cm³/mol. The summed E-state index contributed by atoms with van der Waals surface area (Å²) in [5, 5.41) is 0. The Labute approximate surface area is 106 Å². The first kappa shape index (κ1) is 13.3. The van der Waals surface area contributed by atoms with Crippen molar-refractivity contribution in [3.05, 3.63) is 0 Å². The third-order valence-electron chi connectivity index (χ3n) is 4.59. The molecule has 1 aliphatic carbocycles. The van der Waals surface area contributed by atoms with Crippen molar-refractivity contribution in [2.24, 2.45) is 17.6 Å². The minimum Gasteiger partial charge on any atom is -0.381 e. The van der Waals surface area contributed by atoms with Crippen molar-refractivity contribution < 1.29 is 4.74 Å². The zero-order chi connectivity index (χ0) is 12.3. The Morgan fingerprint density at radius 1 is 1.29 bits per heavy atom. The summed E-state index contributed by atoms with van der Waals surface area (Å²) in [6, 6.07) is 1.11. The Bertz CT molecular complexity index is 234. The van der Waals surface area contributed by atoms with Gasteiger partial charge >= 0.3 is 0 Å². The van der Waals surface area contributed by atoms with Gasteiger partial charge in [-0.2, -0.15) is 0 Å². The summed E-state index contributed by atoms with van der Waals surface area (Å²) in [6.45, 7) is 5.20. The van der Waals surface area contributed by atoms with Crippen molar-refractivity contribution in [3.63, 3.8) is 0 Å². The lowest BCUT2D eigenvalue weighted by atomic mass is 9.85. The second-order valence-electron chi connectivity index (χ2n) is 6.15. The van der Waals surface area contributed by atoms with E-state index in [-0.39, 0.29) is 0 Å². The van der Waals surface area contributed by atoms with Crippen LogP contribution >= 0.6 is 0 Å². The largest absolute Gasteiger partial charge is 0.381 e. The van der Waals surface area contributed by atoms with E-state index in [4.69, 9.17) is 10.5 Å². The Balaban J connectivity index is 1.80. The average Bonchev–Trinajstić information content (AvgIpc) is 2.32. The molecule has 1 heterocycles. The molecule has 0 aromatic carbocycles. The van der Waals surface area contributed by atoms with Crippen LogP contribution in [0, 0.1) is 11.8 Å². The lowest BCUT2D eigenvalue weighted by molar-refractivity contribution is 0.0195. The molecule has 2 rings (SSSR count). The summed E-state index contributed by atoms with van der Waals surface area (Å²) in [5.41, 5.74) is 6.18. The van der Waals surface area contributed by atoms with E-state index in [1.165, 1.54) is 25.7 Å². The van der Waals surface area contributed by atoms with E-state index in [2.05, 4.69) is 18.9 Å². The van der Waals surface area contributed by atoms with Crippen LogP contribution < -0.4 is 5.73 Å². The molecule has 100 valence electrons. The third kappa shape index (κ3) is 3.67. The zero-order valence-corrected chi connectivity index (χ0v) is 11.4. The second-order valence-corrected chi connectivity index (χ2v) is 6.15. The van der Waals surface area contributed by atoms with Gasteiger partial charge in [-0.3, -0.25) is 0 Å². The molecule has 2 aliphatic rings. The van der Waals surface area contributed by atoms with Gasteiger partial charge in [0.25, 0.3) is 0 Å². The van der Waals surface area contributed by atoms with Gasteiger partial charge in [-0.05, 0) is 32.2 Å². The molecule has 0 bridgehead atoms. The second kappa shape index (κ2) is 6.17. The number of hydrogen-bond donors (Lipinski definition) is 1. The summed E-state index contributed by atoms with van der Waals surface area (Å²) < 4.78 is 5.56. The highest BCUT2D eigenvalue weighted by Gasteiger charge is 2.28. The van der Waals surface area contributed by atoms with Gasteiger partial charge in [0.2, 0.25) is 0 Å². The van der Waals surface area contributed by atoms with Crippen LogP contribution in [0.15, 0.2) is 0 Å². The van der Waals surface area contributed by atoms with Gasteiger partial charge in [-0.1, -0.05) is 19.8 Å². The van der Waals surface area contributed by atoms with Crippen LogP contribution in [0.2, 0.25) is 0 Å². The number of hydrogen-bond acceptors (Lipinski definition) is 3. The maximum absolute atomic E-state index is 6.18. The Hall–Kier alpha value is -0.120. The van der Waals surface area contributed by atoms with Crippen LogP contribution in [0.25, 0.3) is 0 Å². The van der Waals surface area contributed by atoms with Gasteiger partial charge in [0.15, 0.2) is 0 Å². The average molecular weight is 240 g/mol. The molecule has 3 heteroatoms. The van der Waals surface area contributed by atoms with E-state index in [1.54, 1.807) is 0 Å². The van der Waals surface area contributed by atoms with Crippen LogP contribution in [-0.4, -0.2) is 43.8 Å². The van der Waals surface area contributed by atoms with Crippen LogP contribution in [0.4, 0.5) is 0 Å². The van der Waals surface area contributed by atoms with Gasteiger partial charge in [-0.25, -0.2) is 0 Å². The van der Waals surface area contributed by atoms with Crippen LogP contribution in [-0.2, 0) is 4.74 Å². The Kier molecular flexibility index (Phi) is 4.83. The normalized spacial score (nSPS) is 39.5. The fraction of sp³-hybridized carbons (Fsp3) is 1.00. The highest BCUT2D eigenvalue weighted by atomic mass is 16.5. The molecule has 0 radical (unpaired) electrons. The number of ether oxygens (including phenoxy) is 1. The van der Waals surface area contributed by atoms with Crippen molar-refractivity contribution >= 4 is 0 Å². The number of nitrogens with zero attached hydrogens (tertiary/aromatic N) is 1. The molecule has 1 saturated carbocycles. The SMILES string of the molecule is CC1CCCC(N(C)CC2COCCC2N)C1. The van der Waals surface area contributed by atoms with E-state index < -0.39 is 0 Å². The molecule has 3 nitrogen and oxygen atoms in total. The van der Waals surface area contributed by atoms with E-state index in [1.807, 2.05) is 0 Å². The lowest BCUT2D eigenvalue weighted by Gasteiger charge is -2.38.